The van der Waals surface area contributed by atoms with E-state index in [4.69, 9.17) is 0 Å². The molecule has 1 amide bonds. The van der Waals surface area contributed by atoms with Crippen LogP contribution in [0.1, 0.15) is 71.4 Å². The van der Waals surface area contributed by atoms with E-state index in [1.54, 1.807) is 10.8 Å². The molecule has 4 rings (SSSR count). The van der Waals surface area contributed by atoms with Gasteiger partial charge in [-0.2, -0.15) is 0 Å². The Morgan fingerprint density at radius 2 is 2.16 bits per heavy atom. The molecule has 0 spiro atoms. The number of imidazole rings is 1. The highest BCUT2D eigenvalue weighted by molar-refractivity contribution is 5.94. The van der Waals surface area contributed by atoms with Gasteiger partial charge in [-0.25, -0.2) is 13.8 Å². The van der Waals surface area contributed by atoms with Crippen molar-refractivity contribution in [1.29, 1.82) is 0 Å². The Labute approximate surface area is 144 Å². The summed E-state index contributed by atoms with van der Waals surface area (Å²) in [6.45, 7) is 0.567. The minimum atomic E-state index is -2.75. The lowest BCUT2D eigenvalue weighted by molar-refractivity contribution is 0.0905. The molecular weight excluding hydrogens is 326 g/mol. The molecule has 0 fully saturated rings. The number of pyridine rings is 1. The first-order valence-electron chi connectivity index (χ1n) is 8.77. The Balaban J connectivity index is 1.65. The quantitative estimate of drug-likeness (QED) is 0.927. The Bertz CT molecular complexity index is 802. The normalized spacial score (nSPS) is 19.4. The largest absolute Gasteiger partial charge is 0.342 e. The number of rotatable bonds is 3. The van der Waals surface area contributed by atoms with Gasteiger partial charge < -0.3 is 9.88 Å². The van der Waals surface area contributed by atoms with Crippen molar-refractivity contribution < 1.29 is 13.6 Å². The molecule has 0 radical (unpaired) electrons. The van der Waals surface area contributed by atoms with E-state index < -0.39 is 18.0 Å². The fourth-order valence-electron chi connectivity index (χ4n) is 3.87. The molecule has 2 aliphatic rings. The van der Waals surface area contributed by atoms with Gasteiger partial charge in [-0.3, -0.25) is 9.78 Å². The molecule has 1 aliphatic carbocycles. The van der Waals surface area contributed by atoms with Crippen LogP contribution in [0, 0.1) is 0 Å². The first-order chi connectivity index (χ1) is 12.1. The van der Waals surface area contributed by atoms with Crippen molar-refractivity contribution in [3.05, 3.63) is 46.8 Å². The number of aryl methyl sites for hydroxylation is 2. The Kier molecular flexibility index (Phi) is 4.23. The number of carbonyl (C=O) groups is 1. The van der Waals surface area contributed by atoms with E-state index in [2.05, 4.69) is 15.3 Å². The second-order valence-corrected chi connectivity index (χ2v) is 6.64. The summed E-state index contributed by atoms with van der Waals surface area (Å²) in [5.74, 6) is 0.119. The summed E-state index contributed by atoms with van der Waals surface area (Å²) >= 11 is 0. The van der Waals surface area contributed by atoms with Gasteiger partial charge in [-0.05, 0) is 43.7 Å². The number of nitrogens with zero attached hydrogens (tertiary/aromatic N) is 3. The van der Waals surface area contributed by atoms with Crippen molar-refractivity contribution in [2.45, 2.75) is 57.5 Å². The van der Waals surface area contributed by atoms with Crippen LogP contribution in [0.4, 0.5) is 8.78 Å². The molecule has 2 aromatic heterocycles. The molecule has 2 aromatic rings. The molecule has 0 unspecified atom stereocenters. The Hall–Kier alpha value is -2.31. The molecule has 132 valence electrons. The summed E-state index contributed by atoms with van der Waals surface area (Å²) in [4.78, 5) is 21.3. The van der Waals surface area contributed by atoms with E-state index >= 15 is 0 Å². The third-order valence-corrected chi connectivity index (χ3v) is 5.03. The van der Waals surface area contributed by atoms with Crippen LogP contribution in [-0.4, -0.2) is 20.4 Å². The van der Waals surface area contributed by atoms with Crippen LogP contribution >= 0.6 is 0 Å². The fraction of sp³-hybridized carbons (Fsp3) is 0.500. The zero-order valence-corrected chi connectivity index (χ0v) is 13.8. The third-order valence-electron chi connectivity index (χ3n) is 5.03. The number of aromatic nitrogens is 3. The maximum absolute atomic E-state index is 13.4. The van der Waals surface area contributed by atoms with Crippen LogP contribution in [0.2, 0.25) is 0 Å². The van der Waals surface area contributed by atoms with E-state index in [0.717, 1.165) is 43.4 Å². The minimum absolute atomic E-state index is 0.0211. The molecule has 7 heteroatoms. The average Bonchev–Trinajstić information content (AvgIpc) is 3.02. The smallest absolute Gasteiger partial charge is 0.282 e. The second kappa shape index (κ2) is 6.54. The lowest BCUT2D eigenvalue weighted by Crippen LogP contribution is -2.34. The molecule has 0 aromatic carbocycles. The molecule has 25 heavy (non-hydrogen) atoms. The zero-order chi connectivity index (χ0) is 17.4. The summed E-state index contributed by atoms with van der Waals surface area (Å²) in [6.07, 6.45) is 4.02. The predicted octanol–water partition coefficient (Wildman–Crippen LogP) is 3.36. The molecule has 1 atom stereocenters. The summed E-state index contributed by atoms with van der Waals surface area (Å²) in [5, 5.41) is 2.93. The van der Waals surface area contributed by atoms with E-state index in [1.807, 2.05) is 12.1 Å². The van der Waals surface area contributed by atoms with Gasteiger partial charge in [-0.1, -0.05) is 6.07 Å². The Morgan fingerprint density at radius 3 is 3.00 bits per heavy atom. The van der Waals surface area contributed by atoms with Crippen LogP contribution in [0.15, 0.2) is 18.3 Å². The van der Waals surface area contributed by atoms with Crippen LogP contribution < -0.4 is 5.32 Å². The third kappa shape index (κ3) is 2.92. The lowest BCUT2D eigenvalue weighted by atomic mass is 9.92. The number of fused-ring (bicyclic) bond motifs is 2. The van der Waals surface area contributed by atoms with Crippen LogP contribution in [0.25, 0.3) is 0 Å². The first kappa shape index (κ1) is 16.2. The van der Waals surface area contributed by atoms with Gasteiger partial charge in [0.05, 0.1) is 11.7 Å². The number of nitrogens with one attached hydrogen (secondary N) is 1. The van der Waals surface area contributed by atoms with Crippen LogP contribution in [-0.2, 0) is 19.4 Å². The van der Waals surface area contributed by atoms with E-state index in [9.17, 15) is 13.6 Å². The SMILES string of the molecule is O=C(N[C@@H]1CCCc2cccnc21)c1c(C(F)F)nc2n1CCCC2. The maximum Gasteiger partial charge on any atom is 0.282 e. The number of amides is 1. The first-order valence-corrected chi connectivity index (χ1v) is 8.77. The monoisotopic (exact) mass is 346 g/mol. The molecule has 3 heterocycles. The van der Waals surface area contributed by atoms with Gasteiger partial charge in [0.25, 0.3) is 12.3 Å². The zero-order valence-electron chi connectivity index (χ0n) is 13.8. The van der Waals surface area contributed by atoms with Crippen LogP contribution in [0.3, 0.4) is 0 Å². The molecular formula is C18H20F2N4O. The van der Waals surface area contributed by atoms with E-state index in [1.165, 1.54) is 0 Å². The van der Waals surface area contributed by atoms with Crippen molar-refractivity contribution in [1.82, 2.24) is 19.9 Å². The highest BCUT2D eigenvalue weighted by Crippen LogP contribution is 2.30. The molecule has 0 saturated carbocycles. The molecule has 5 nitrogen and oxygen atoms in total. The van der Waals surface area contributed by atoms with Gasteiger partial charge in [0.1, 0.15) is 17.2 Å². The van der Waals surface area contributed by atoms with Crippen molar-refractivity contribution >= 4 is 5.91 Å². The average molecular weight is 346 g/mol. The predicted molar refractivity (Wildman–Crippen MR) is 87.5 cm³/mol. The Morgan fingerprint density at radius 1 is 1.28 bits per heavy atom. The number of carbonyl (C=O) groups excluding carboxylic acids is 1. The van der Waals surface area contributed by atoms with Gasteiger partial charge in [-0.15, -0.1) is 0 Å². The number of halogens is 2. The number of hydrogen-bond donors (Lipinski definition) is 1. The minimum Gasteiger partial charge on any atom is -0.342 e. The summed E-state index contributed by atoms with van der Waals surface area (Å²) < 4.78 is 28.5. The van der Waals surface area contributed by atoms with E-state index in [-0.39, 0.29) is 11.7 Å². The number of hydrogen-bond acceptors (Lipinski definition) is 3. The summed E-state index contributed by atoms with van der Waals surface area (Å²) in [7, 11) is 0. The van der Waals surface area contributed by atoms with Gasteiger partial charge in [0.15, 0.2) is 0 Å². The molecule has 1 aliphatic heterocycles. The topological polar surface area (TPSA) is 59.8 Å². The lowest BCUT2D eigenvalue weighted by Gasteiger charge is -2.25. The van der Waals surface area contributed by atoms with Crippen molar-refractivity contribution in [2.75, 3.05) is 0 Å². The number of alkyl halides is 2. The highest BCUT2D eigenvalue weighted by Gasteiger charge is 2.31. The second-order valence-electron chi connectivity index (χ2n) is 6.64. The van der Waals surface area contributed by atoms with Gasteiger partial charge in [0, 0.05) is 19.2 Å². The summed E-state index contributed by atoms with van der Waals surface area (Å²) in [6, 6.07) is 3.65. The van der Waals surface area contributed by atoms with Crippen molar-refractivity contribution in [3.8, 4) is 0 Å². The highest BCUT2D eigenvalue weighted by atomic mass is 19.3. The standard InChI is InChI=1S/C18H20F2N4O/c19-17(20)15-16(24-10-2-1-8-13(24)23-15)18(25)22-12-7-3-5-11-6-4-9-21-14(11)12/h4,6,9,12,17H,1-3,5,7-8,10H2,(H,22,25)/t12-/m1/s1. The maximum atomic E-state index is 13.4. The van der Waals surface area contributed by atoms with Crippen molar-refractivity contribution in [2.24, 2.45) is 0 Å². The van der Waals surface area contributed by atoms with Gasteiger partial charge in [0.2, 0.25) is 0 Å². The van der Waals surface area contributed by atoms with Crippen LogP contribution in [0.5, 0.6) is 0 Å². The molecule has 0 bridgehead atoms. The van der Waals surface area contributed by atoms with Crippen molar-refractivity contribution in [3.63, 3.8) is 0 Å². The molecule has 1 N–H and O–H groups in total. The van der Waals surface area contributed by atoms with Gasteiger partial charge >= 0.3 is 0 Å². The molecule has 0 saturated heterocycles. The van der Waals surface area contributed by atoms with E-state index in [0.29, 0.717) is 18.8 Å². The fourth-order valence-corrected chi connectivity index (χ4v) is 3.87. The summed E-state index contributed by atoms with van der Waals surface area (Å²) in [5.41, 5.74) is 1.58.